The van der Waals surface area contributed by atoms with Crippen molar-refractivity contribution in [2.24, 2.45) is 0 Å². The van der Waals surface area contributed by atoms with Crippen LogP contribution < -0.4 is 10.1 Å². The Labute approximate surface area is 98.3 Å². The van der Waals surface area contributed by atoms with E-state index in [-0.39, 0.29) is 0 Å². The Morgan fingerprint density at radius 3 is 2.75 bits per heavy atom. The molecule has 0 saturated heterocycles. The molecule has 2 nitrogen and oxygen atoms in total. The molecule has 0 radical (unpaired) electrons. The summed E-state index contributed by atoms with van der Waals surface area (Å²) in [7, 11) is 1.95. The van der Waals surface area contributed by atoms with Gasteiger partial charge in [0.15, 0.2) is 0 Å². The van der Waals surface area contributed by atoms with Crippen LogP contribution in [0, 0.1) is 6.92 Å². The maximum atomic E-state index is 5.74. The van der Waals surface area contributed by atoms with Crippen molar-refractivity contribution in [3.63, 3.8) is 0 Å². The highest BCUT2D eigenvalue weighted by Gasteiger charge is 2.02. The Morgan fingerprint density at radius 1 is 1.38 bits per heavy atom. The molecule has 16 heavy (non-hydrogen) atoms. The zero-order chi connectivity index (χ0) is 12.0. The Morgan fingerprint density at radius 2 is 2.12 bits per heavy atom. The summed E-state index contributed by atoms with van der Waals surface area (Å²) < 4.78 is 5.74. The monoisotopic (exact) mass is 219 g/mol. The normalized spacial score (nSPS) is 10.0. The number of aryl methyl sites for hydroxylation is 1. The first-order valence-corrected chi connectivity index (χ1v) is 5.63. The summed E-state index contributed by atoms with van der Waals surface area (Å²) in [4.78, 5) is 0. The number of rotatable bonds is 5. The molecule has 0 unspecified atom stereocenters. The van der Waals surface area contributed by atoms with Gasteiger partial charge in [0, 0.05) is 12.1 Å². The standard InChI is InChI=1S/C14H21NO/c1-11(2)7-8-16-14-6-5-12(3)9-13(14)10-15-4/h5-7,9,15H,8,10H2,1-4H3. The maximum absolute atomic E-state index is 5.74. The zero-order valence-corrected chi connectivity index (χ0v) is 10.6. The van der Waals surface area contributed by atoms with Gasteiger partial charge in [-0.3, -0.25) is 0 Å². The van der Waals surface area contributed by atoms with Crippen molar-refractivity contribution >= 4 is 0 Å². The molecule has 0 fully saturated rings. The smallest absolute Gasteiger partial charge is 0.124 e. The van der Waals surface area contributed by atoms with Gasteiger partial charge < -0.3 is 10.1 Å². The highest BCUT2D eigenvalue weighted by molar-refractivity contribution is 5.37. The van der Waals surface area contributed by atoms with Crippen molar-refractivity contribution in [2.75, 3.05) is 13.7 Å². The van der Waals surface area contributed by atoms with Gasteiger partial charge in [-0.05, 0) is 40.0 Å². The molecule has 88 valence electrons. The highest BCUT2D eigenvalue weighted by atomic mass is 16.5. The van der Waals surface area contributed by atoms with E-state index in [1.54, 1.807) is 0 Å². The van der Waals surface area contributed by atoms with Gasteiger partial charge in [-0.15, -0.1) is 0 Å². The number of nitrogens with one attached hydrogen (secondary N) is 1. The molecule has 0 saturated carbocycles. The number of hydrogen-bond acceptors (Lipinski definition) is 2. The maximum Gasteiger partial charge on any atom is 0.124 e. The molecule has 0 heterocycles. The predicted octanol–water partition coefficient (Wildman–Crippen LogP) is 3.06. The minimum atomic E-state index is 0.641. The first kappa shape index (κ1) is 12.8. The van der Waals surface area contributed by atoms with Crippen LogP contribution in [0.1, 0.15) is 25.0 Å². The molecular formula is C14H21NO. The van der Waals surface area contributed by atoms with Gasteiger partial charge in [0.05, 0.1) is 0 Å². The van der Waals surface area contributed by atoms with E-state index in [2.05, 4.69) is 44.3 Å². The van der Waals surface area contributed by atoms with Crippen LogP contribution in [0.3, 0.4) is 0 Å². The second-order valence-corrected chi connectivity index (χ2v) is 4.23. The molecule has 0 bridgehead atoms. The topological polar surface area (TPSA) is 21.3 Å². The van der Waals surface area contributed by atoms with Crippen LogP contribution in [0.25, 0.3) is 0 Å². The fourth-order valence-corrected chi connectivity index (χ4v) is 1.48. The second-order valence-electron chi connectivity index (χ2n) is 4.23. The largest absolute Gasteiger partial charge is 0.489 e. The van der Waals surface area contributed by atoms with Crippen LogP contribution in [-0.2, 0) is 6.54 Å². The molecule has 0 aromatic heterocycles. The van der Waals surface area contributed by atoms with Gasteiger partial charge in [-0.25, -0.2) is 0 Å². The number of hydrogen-bond donors (Lipinski definition) is 1. The van der Waals surface area contributed by atoms with E-state index >= 15 is 0 Å². The van der Waals surface area contributed by atoms with Crippen LogP contribution in [-0.4, -0.2) is 13.7 Å². The van der Waals surface area contributed by atoms with Crippen LogP contribution >= 0.6 is 0 Å². The third-order valence-corrected chi connectivity index (χ3v) is 2.31. The van der Waals surface area contributed by atoms with Crippen LogP contribution in [0.4, 0.5) is 0 Å². The molecule has 0 aliphatic heterocycles. The van der Waals surface area contributed by atoms with Gasteiger partial charge in [0.25, 0.3) is 0 Å². The van der Waals surface area contributed by atoms with Crippen molar-refractivity contribution in [1.29, 1.82) is 0 Å². The second kappa shape index (κ2) is 6.33. The summed E-state index contributed by atoms with van der Waals surface area (Å²) in [6.45, 7) is 7.73. The number of allylic oxidation sites excluding steroid dienone is 1. The van der Waals surface area contributed by atoms with Gasteiger partial charge in [-0.1, -0.05) is 23.3 Å². The van der Waals surface area contributed by atoms with Gasteiger partial charge in [0.2, 0.25) is 0 Å². The Hall–Kier alpha value is -1.28. The molecule has 2 heteroatoms. The van der Waals surface area contributed by atoms with E-state index in [0.717, 1.165) is 12.3 Å². The van der Waals surface area contributed by atoms with Gasteiger partial charge >= 0.3 is 0 Å². The molecule has 0 atom stereocenters. The van der Waals surface area contributed by atoms with E-state index < -0.39 is 0 Å². The van der Waals surface area contributed by atoms with Gasteiger partial charge in [0.1, 0.15) is 12.4 Å². The first-order chi connectivity index (χ1) is 7.63. The molecule has 1 aromatic rings. The molecule has 1 N–H and O–H groups in total. The lowest BCUT2D eigenvalue weighted by Crippen LogP contribution is -2.08. The Bertz CT molecular complexity index is 365. The first-order valence-electron chi connectivity index (χ1n) is 5.63. The minimum absolute atomic E-state index is 0.641. The average molecular weight is 219 g/mol. The van der Waals surface area contributed by atoms with Crippen LogP contribution in [0.2, 0.25) is 0 Å². The van der Waals surface area contributed by atoms with E-state index in [0.29, 0.717) is 6.61 Å². The minimum Gasteiger partial charge on any atom is -0.489 e. The van der Waals surface area contributed by atoms with Crippen molar-refractivity contribution in [2.45, 2.75) is 27.3 Å². The summed E-state index contributed by atoms with van der Waals surface area (Å²) >= 11 is 0. The highest BCUT2D eigenvalue weighted by Crippen LogP contribution is 2.19. The number of ether oxygens (including phenoxy) is 1. The summed E-state index contributed by atoms with van der Waals surface area (Å²) in [6, 6.07) is 6.28. The quantitative estimate of drug-likeness (QED) is 0.768. The van der Waals surface area contributed by atoms with E-state index in [4.69, 9.17) is 4.74 Å². The summed E-state index contributed by atoms with van der Waals surface area (Å²) in [5.41, 5.74) is 3.76. The molecule has 0 aliphatic rings. The average Bonchev–Trinajstić information content (AvgIpc) is 2.21. The molecule has 0 amide bonds. The van der Waals surface area contributed by atoms with E-state index in [1.807, 2.05) is 13.1 Å². The van der Waals surface area contributed by atoms with Crippen LogP contribution in [0.15, 0.2) is 29.8 Å². The summed E-state index contributed by atoms with van der Waals surface area (Å²) in [5.74, 6) is 0.970. The summed E-state index contributed by atoms with van der Waals surface area (Å²) in [6.07, 6.45) is 2.09. The molecular weight excluding hydrogens is 198 g/mol. The van der Waals surface area contributed by atoms with E-state index in [9.17, 15) is 0 Å². The predicted molar refractivity (Wildman–Crippen MR) is 68.9 cm³/mol. The zero-order valence-electron chi connectivity index (χ0n) is 10.6. The van der Waals surface area contributed by atoms with Crippen molar-refractivity contribution in [1.82, 2.24) is 5.32 Å². The SMILES string of the molecule is CNCc1cc(C)ccc1OCC=C(C)C. The fraction of sp³-hybridized carbons (Fsp3) is 0.429. The molecule has 1 aromatic carbocycles. The van der Waals surface area contributed by atoms with Crippen molar-refractivity contribution in [3.8, 4) is 5.75 Å². The third-order valence-electron chi connectivity index (χ3n) is 2.31. The fourth-order valence-electron chi connectivity index (χ4n) is 1.48. The lowest BCUT2D eigenvalue weighted by molar-refractivity contribution is 0.357. The summed E-state index contributed by atoms with van der Waals surface area (Å²) in [5, 5.41) is 3.16. The lowest BCUT2D eigenvalue weighted by Gasteiger charge is -2.11. The van der Waals surface area contributed by atoms with E-state index in [1.165, 1.54) is 16.7 Å². The molecule has 0 aliphatic carbocycles. The van der Waals surface area contributed by atoms with Crippen molar-refractivity contribution in [3.05, 3.63) is 41.0 Å². The number of benzene rings is 1. The Kier molecular flexibility index (Phi) is 5.06. The van der Waals surface area contributed by atoms with Crippen LogP contribution in [0.5, 0.6) is 5.75 Å². The third kappa shape index (κ3) is 4.07. The van der Waals surface area contributed by atoms with Crippen molar-refractivity contribution < 1.29 is 4.74 Å². The Balaban J connectivity index is 2.74. The molecule has 1 rings (SSSR count). The lowest BCUT2D eigenvalue weighted by atomic mass is 10.1. The molecule has 0 spiro atoms. The van der Waals surface area contributed by atoms with Gasteiger partial charge in [-0.2, -0.15) is 0 Å².